The summed E-state index contributed by atoms with van der Waals surface area (Å²) in [4.78, 5) is 29.4. The van der Waals surface area contributed by atoms with Crippen LogP contribution in [0.5, 0.6) is 0 Å². The lowest BCUT2D eigenvalue weighted by atomic mass is 10.0. The molecule has 2 amide bonds. The number of carbonyl (C=O) groups excluding carboxylic acids is 2. The Morgan fingerprint density at radius 3 is 2.11 bits per heavy atom. The van der Waals surface area contributed by atoms with Crippen LogP contribution in [0.2, 0.25) is 0 Å². The monoisotopic (exact) mass is 679 g/mol. The fourth-order valence-electron chi connectivity index (χ4n) is 4.68. The fraction of sp³-hybridized carbons (Fsp3) is 0.235. The Balaban J connectivity index is 1.78. The van der Waals surface area contributed by atoms with Gasteiger partial charge in [-0.1, -0.05) is 83.0 Å². The van der Waals surface area contributed by atoms with Crippen molar-refractivity contribution < 1.29 is 22.4 Å². The molecular formula is C34H35BrFN3O4S. The van der Waals surface area contributed by atoms with Crippen molar-refractivity contribution in [2.75, 3.05) is 17.4 Å². The first-order valence-corrected chi connectivity index (χ1v) is 16.5. The van der Waals surface area contributed by atoms with E-state index in [1.807, 2.05) is 44.2 Å². The van der Waals surface area contributed by atoms with Gasteiger partial charge in [-0.15, -0.1) is 0 Å². The molecule has 44 heavy (non-hydrogen) atoms. The molecule has 0 aliphatic rings. The number of aryl methyl sites for hydroxylation is 1. The molecule has 1 unspecified atom stereocenters. The van der Waals surface area contributed by atoms with Crippen LogP contribution in [0.4, 0.5) is 10.1 Å². The smallest absolute Gasteiger partial charge is 0.264 e. The van der Waals surface area contributed by atoms with Gasteiger partial charge in [0, 0.05) is 24.0 Å². The van der Waals surface area contributed by atoms with E-state index in [1.54, 1.807) is 48.5 Å². The summed E-state index contributed by atoms with van der Waals surface area (Å²) in [5.41, 5.74) is 2.61. The largest absolute Gasteiger partial charge is 0.354 e. The van der Waals surface area contributed by atoms with Gasteiger partial charge in [0.1, 0.15) is 18.4 Å². The van der Waals surface area contributed by atoms with Gasteiger partial charge in [-0.25, -0.2) is 12.8 Å². The SMILES string of the molecule is CCCNC(=O)C(Cc1ccccc1)N(Cc1ccc(F)cc1)C(=O)CN(c1ccc(Br)cc1)S(=O)(=O)c1ccc(C)cc1. The third-order valence-electron chi connectivity index (χ3n) is 7.09. The molecule has 7 nitrogen and oxygen atoms in total. The van der Waals surface area contributed by atoms with Crippen LogP contribution in [0, 0.1) is 12.7 Å². The summed E-state index contributed by atoms with van der Waals surface area (Å²) in [5, 5.41) is 2.91. The molecule has 1 atom stereocenters. The maximum Gasteiger partial charge on any atom is 0.264 e. The number of hydrogen-bond acceptors (Lipinski definition) is 4. The number of nitrogens with zero attached hydrogens (tertiary/aromatic N) is 2. The summed E-state index contributed by atoms with van der Waals surface area (Å²) < 4.78 is 43.7. The van der Waals surface area contributed by atoms with Gasteiger partial charge < -0.3 is 10.2 Å². The van der Waals surface area contributed by atoms with Crippen molar-refractivity contribution in [3.8, 4) is 0 Å². The molecule has 0 spiro atoms. The van der Waals surface area contributed by atoms with Gasteiger partial charge in [0.05, 0.1) is 10.6 Å². The zero-order chi connectivity index (χ0) is 31.7. The van der Waals surface area contributed by atoms with Crippen LogP contribution >= 0.6 is 15.9 Å². The molecule has 0 aliphatic carbocycles. The quantitative estimate of drug-likeness (QED) is 0.181. The van der Waals surface area contributed by atoms with E-state index in [2.05, 4.69) is 21.2 Å². The topological polar surface area (TPSA) is 86.8 Å². The highest BCUT2D eigenvalue weighted by Crippen LogP contribution is 2.27. The zero-order valence-corrected chi connectivity index (χ0v) is 27.0. The predicted molar refractivity (Wildman–Crippen MR) is 174 cm³/mol. The van der Waals surface area contributed by atoms with Crippen LogP contribution in [0.15, 0.2) is 112 Å². The molecule has 1 N–H and O–H groups in total. The number of benzene rings is 4. The summed E-state index contributed by atoms with van der Waals surface area (Å²) in [6, 6.07) is 27.1. The van der Waals surface area contributed by atoms with Gasteiger partial charge in [0.2, 0.25) is 11.8 Å². The molecule has 10 heteroatoms. The normalized spacial score (nSPS) is 11.9. The first kappa shape index (κ1) is 32.9. The highest BCUT2D eigenvalue weighted by molar-refractivity contribution is 9.10. The van der Waals surface area contributed by atoms with Crippen molar-refractivity contribution >= 4 is 43.5 Å². The Morgan fingerprint density at radius 2 is 1.50 bits per heavy atom. The number of sulfonamides is 1. The van der Waals surface area contributed by atoms with Crippen LogP contribution < -0.4 is 9.62 Å². The second kappa shape index (κ2) is 15.1. The van der Waals surface area contributed by atoms with E-state index < -0.39 is 34.3 Å². The van der Waals surface area contributed by atoms with Crippen molar-refractivity contribution in [1.82, 2.24) is 10.2 Å². The molecule has 0 saturated carbocycles. The van der Waals surface area contributed by atoms with E-state index in [-0.39, 0.29) is 23.8 Å². The minimum absolute atomic E-state index is 0.0328. The maximum atomic E-state index is 14.4. The predicted octanol–water partition coefficient (Wildman–Crippen LogP) is 6.26. The van der Waals surface area contributed by atoms with E-state index in [1.165, 1.54) is 29.2 Å². The summed E-state index contributed by atoms with van der Waals surface area (Å²) in [7, 11) is -4.19. The van der Waals surface area contributed by atoms with Crippen LogP contribution in [0.3, 0.4) is 0 Å². The Kier molecular flexibility index (Phi) is 11.3. The number of nitrogens with one attached hydrogen (secondary N) is 1. The van der Waals surface area contributed by atoms with Gasteiger partial charge in [-0.2, -0.15) is 0 Å². The minimum Gasteiger partial charge on any atom is -0.354 e. The van der Waals surface area contributed by atoms with Crippen LogP contribution in [0.1, 0.15) is 30.0 Å². The number of anilines is 1. The number of carbonyl (C=O) groups is 2. The molecule has 0 aromatic heterocycles. The van der Waals surface area contributed by atoms with Crippen molar-refractivity contribution in [2.24, 2.45) is 0 Å². The third kappa shape index (κ3) is 8.54. The van der Waals surface area contributed by atoms with E-state index in [4.69, 9.17) is 0 Å². The number of halogens is 2. The van der Waals surface area contributed by atoms with Crippen molar-refractivity contribution in [3.05, 3.63) is 130 Å². The average molecular weight is 681 g/mol. The third-order valence-corrected chi connectivity index (χ3v) is 9.41. The number of amides is 2. The standard InChI is InChI=1S/C34H35BrFN3O4S/c1-3-21-37-34(41)32(22-26-7-5-4-6-8-26)38(23-27-11-15-29(36)16-12-27)33(40)24-39(30-17-13-28(35)14-18-30)44(42,43)31-19-9-25(2)10-20-31/h4-20,32H,3,21-24H2,1-2H3,(H,37,41). The molecule has 0 bridgehead atoms. The van der Waals surface area contributed by atoms with Crippen molar-refractivity contribution in [2.45, 2.75) is 44.2 Å². The van der Waals surface area contributed by atoms with Gasteiger partial charge in [0.15, 0.2) is 0 Å². The Morgan fingerprint density at radius 1 is 0.864 bits per heavy atom. The van der Waals surface area contributed by atoms with E-state index in [9.17, 15) is 22.4 Å². The number of hydrogen-bond donors (Lipinski definition) is 1. The van der Waals surface area contributed by atoms with Crippen LogP contribution in [0.25, 0.3) is 0 Å². The molecule has 0 fully saturated rings. The number of rotatable bonds is 13. The lowest BCUT2D eigenvalue weighted by molar-refractivity contribution is -0.140. The van der Waals surface area contributed by atoms with Gasteiger partial charge in [-0.3, -0.25) is 13.9 Å². The molecule has 4 rings (SSSR count). The Hall–Kier alpha value is -4.02. The average Bonchev–Trinajstić information content (AvgIpc) is 3.02. The molecular weight excluding hydrogens is 645 g/mol. The van der Waals surface area contributed by atoms with Crippen LogP contribution in [-0.2, 0) is 32.6 Å². The fourth-order valence-corrected chi connectivity index (χ4v) is 6.36. The summed E-state index contributed by atoms with van der Waals surface area (Å²) in [6.45, 7) is 3.60. The molecule has 0 radical (unpaired) electrons. The molecule has 230 valence electrons. The molecule has 4 aromatic rings. The van der Waals surface area contributed by atoms with Gasteiger partial charge in [-0.05, 0) is 73.0 Å². The maximum absolute atomic E-state index is 14.4. The molecule has 0 heterocycles. The van der Waals surface area contributed by atoms with E-state index >= 15 is 0 Å². The van der Waals surface area contributed by atoms with Gasteiger partial charge in [0.25, 0.3) is 10.0 Å². The van der Waals surface area contributed by atoms with E-state index in [0.717, 1.165) is 19.9 Å². The second-order valence-electron chi connectivity index (χ2n) is 10.4. The summed E-state index contributed by atoms with van der Waals surface area (Å²) in [5.74, 6) is -1.37. The molecule has 0 aliphatic heterocycles. The van der Waals surface area contributed by atoms with Crippen molar-refractivity contribution in [3.63, 3.8) is 0 Å². The molecule has 4 aromatic carbocycles. The van der Waals surface area contributed by atoms with Crippen LogP contribution in [-0.4, -0.2) is 44.3 Å². The zero-order valence-electron chi connectivity index (χ0n) is 24.6. The van der Waals surface area contributed by atoms with E-state index in [0.29, 0.717) is 24.2 Å². The summed E-state index contributed by atoms with van der Waals surface area (Å²) in [6.07, 6.45) is 0.897. The lowest BCUT2D eigenvalue weighted by Gasteiger charge is -2.34. The highest BCUT2D eigenvalue weighted by Gasteiger charge is 2.34. The van der Waals surface area contributed by atoms with Gasteiger partial charge >= 0.3 is 0 Å². The minimum atomic E-state index is -4.19. The second-order valence-corrected chi connectivity index (χ2v) is 13.2. The Labute approximate surface area is 266 Å². The summed E-state index contributed by atoms with van der Waals surface area (Å²) >= 11 is 3.39. The lowest BCUT2D eigenvalue weighted by Crippen LogP contribution is -2.53. The van der Waals surface area contributed by atoms with Crippen molar-refractivity contribution in [1.29, 1.82) is 0 Å². The first-order chi connectivity index (χ1) is 21.1. The molecule has 0 saturated heterocycles. The first-order valence-electron chi connectivity index (χ1n) is 14.3. The highest BCUT2D eigenvalue weighted by atomic mass is 79.9. The Bertz CT molecular complexity index is 1650.